The van der Waals surface area contributed by atoms with E-state index < -0.39 is 5.60 Å². The topological polar surface area (TPSA) is 38.8 Å². The van der Waals surface area contributed by atoms with E-state index in [1.165, 1.54) is 0 Å². The average molecular weight is 356 g/mol. The number of rotatable bonds is 2. The lowest BCUT2D eigenvalue weighted by atomic mass is 9.93. The Balaban J connectivity index is 2.08. The molecule has 0 radical (unpaired) electrons. The SMILES string of the molecule is CN(CC1CCOc2c(Br)cccc21)C(=O)OC(C)(C)C. The summed E-state index contributed by atoms with van der Waals surface area (Å²) in [5.41, 5.74) is 0.674. The summed E-state index contributed by atoms with van der Waals surface area (Å²) in [7, 11) is 1.78. The first-order valence-corrected chi connectivity index (χ1v) is 7.92. The van der Waals surface area contributed by atoms with Crippen molar-refractivity contribution in [1.29, 1.82) is 0 Å². The van der Waals surface area contributed by atoms with E-state index in [-0.39, 0.29) is 12.0 Å². The van der Waals surface area contributed by atoms with E-state index in [9.17, 15) is 4.79 Å². The molecular formula is C16H22BrNO3. The molecule has 1 unspecified atom stereocenters. The lowest BCUT2D eigenvalue weighted by molar-refractivity contribution is 0.0281. The first-order chi connectivity index (χ1) is 9.78. The first-order valence-electron chi connectivity index (χ1n) is 7.13. The summed E-state index contributed by atoms with van der Waals surface area (Å²) >= 11 is 3.51. The number of fused-ring (bicyclic) bond motifs is 1. The minimum absolute atomic E-state index is 0.267. The van der Waals surface area contributed by atoms with Crippen molar-refractivity contribution in [3.8, 4) is 5.75 Å². The highest BCUT2D eigenvalue weighted by molar-refractivity contribution is 9.10. The van der Waals surface area contributed by atoms with Crippen molar-refractivity contribution in [2.24, 2.45) is 0 Å². The largest absolute Gasteiger partial charge is 0.492 e. The highest BCUT2D eigenvalue weighted by atomic mass is 79.9. The zero-order valence-electron chi connectivity index (χ0n) is 13.0. The quantitative estimate of drug-likeness (QED) is 0.798. The number of nitrogens with zero attached hydrogens (tertiary/aromatic N) is 1. The molecule has 0 fully saturated rings. The molecule has 1 aromatic carbocycles. The van der Waals surface area contributed by atoms with Gasteiger partial charge in [-0.15, -0.1) is 0 Å². The molecular weight excluding hydrogens is 334 g/mol. The van der Waals surface area contributed by atoms with Crippen molar-refractivity contribution in [2.45, 2.75) is 38.7 Å². The smallest absolute Gasteiger partial charge is 0.410 e. The highest BCUT2D eigenvalue weighted by Crippen LogP contribution is 2.39. The van der Waals surface area contributed by atoms with Gasteiger partial charge < -0.3 is 14.4 Å². The van der Waals surface area contributed by atoms with Gasteiger partial charge in [-0.1, -0.05) is 12.1 Å². The van der Waals surface area contributed by atoms with Crippen molar-refractivity contribution in [3.05, 3.63) is 28.2 Å². The normalized spacial score (nSPS) is 17.7. The van der Waals surface area contributed by atoms with Crippen LogP contribution in [-0.2, 0) is 4.74 Å². The number of ether oxygens (including phenoxy) is 2. The maximum absolute atomic E-state index is 12.1. The Hall–Kier alpha value is -1.23. The Morgan fingerprint density at radius 3 is 2.86 bits per heavy atom. The fourth-order valence-corrected chi connectivity index (χ4v) is 2.89. The first kappa shape index (κ1) is 16.1. The van der Waals surface area contributed by atoms with E-state index in [1.807, 2.05) is 32.9 Å². The summed E-state index contributed by atoms with van der Waals surface area (Å²) in [6.07, 6.45) is 0.613. The van der Waals surface area contributed by atoms with Crippen LogP contribution < -0.4 is 4.74 Å². The molecule has 2 rings (SSSR count). The summed E-state index contributed by atoms with van der Waals surface area (Å²) in [5.74, 6) is 1.16. The molecule has 0 spiro atoms. The van der Waals surface area contributed by atoms with Crippen molar-refractivity contribution < 1.29 is 14.3 Å². The molecule has 1 amide bonds. The molecule has 21 heavy (non-hydrogen) atoms. The number of amides is 1. The lowest BCUT2D eigenvalue weighted by Crippen LogP contribution is -2.37. The second kappa shape index (κ2) is 6.26. The Morgan fingerprint density at radius 1 is 1.48 bits per heavy atom. The minimum Gasteiger partial charge on any atom is -0.492 e. The van der Waals surface area contributed by atoms with Crippen LogP contribution in [-0.4, -0.2) is 36.8 Å². The van der Waals surface area contributed by atoms with Crippen LogP contribution in [0.15, 0.2) is 22.7 Å². The van der Waals surface area contributed by atoms with Crippen molar-refractivity contribution in [2.75, 3.05) is 20.2 Å². The molecule has 1 aromatic rings. The monoisotopic (exact) mass is 355 g/mol. The molecule has 0 N–H and O–H groups in total. The van der Waals surface area contributed by atoms with Crippen LogP contribution in [0.3, 0.4) is 0 Å². The Morgan fingerprint density at radius 2 is 2.19 bits per heavy atom. The second-order valence-electron chi connectivity index (χ2n) is 6.35. The predicted octanol–water partition coefficient (Wildman–Crippen LogP) is 4.18. The van der Waals surface area contributed by atoms with Crippen molar-refractivity contribution >= 4 is 22.0 Å². The fraction of sp³-hybridized carbons (Fsp3) is 0.562. The Kier molecular flexibility index (Phi) is 4.81. The Bertz CT molecular complexity index is 525. The number of halogens is 1. The molecule has 116 valence electrons. The summed E-state index contributed by atoms with van der Waals surface area (Å²) in [5, 5.41) is 0. The van der Waals surface area contributed by atoms with Gasteiger partial charge in [-0.05, 0) is 49.2 Å². The number of hydrogen-bond acceptors (Lipinski definition) is 3. The van der Waals surface area contributed by atoms with Gasteiger partial charge in [-0.25, -0.2) is 4.79 Å². The van der Waals surface area contributed by atoms with Crippen LogP contribution in [0.5, 0.6) is 5.75 Å². The lowest BCUT2D eigenvalue weighted by Gasteiger charge is -2.31. The van der Waals surface area contributed by atoms with Crippen LogP contribution in [0.25, 0.3) is 0 Å². The molecule has 1 atom stereocenters. The van der Waals surface area contributed by atoms with Gasteiger partial charge >= 0.3 is 6.09 Å². The van der Waals surface area contributed by atoms with Crippen LogP contribution in [0.4, 0.5) is 4.79 Å². The van der Waals surface area contributed by atoms with Crippen molar-refractivity contribution in [3.63, 3.8) is 0 Å². The molecule has 1 aliphatic heterocycles. The third-order valence-corrected chi connectivity index (χ3v) is 3.97. The fourth-order valence-electron chi connectivity index (χ4n) is 2.39. The van der Waals surface area contributed by atoms with E-state index in [1.54, 1.807) is 11.9 Å². The second-order valence-corrected chi connectivity index (χ2v) is 7.21. The Labute approximate surface area is 134 Å². The molecule has 1 heterocycles. The summed E-state index contributed by atoms with van der Waals surface area (Å²) in [6.45, 7) is 6.92. The maximum Gasteiger partial charge on any atom is 0.410 e. The maximum atomic E-state index is 12.1. The van der Waals surface area contributed by atoms with E-state index in [0.29, 0.717) is 13.2 Å². The number of carbonyl (C=O) groups is 1. The minimum atomic E-state index is -0.470. The van der Waals surface area contributed by atoms with Gasteiger partial charge in [-0.3, -0.25) is 0 Å². The number of carbonyl (C=O) groups excluding carboxylic acids is 1. The van der Waals surface area contributed by atoms with Gasteiger partial charge in [0, 0.05) is 25.1 Å². The molecule has 4 nitrogen and oxygen atoms in total. The summed E-state index contributed by atoms with van der Waals surface area (Å²) in [6, 6.07) is 6.03. The number of benzene rings is 1. The molecule has 0 saturated carbocycles. The number of para-hydroxylation sites is 1. The molecule has 5 heteroatoms. The molecule has 0 saturated heterocycles. The standard InChI is InChI=1S/C16H22BrNO3/c1-16(2,3)21-15(19)18(4)10-11-8-9-20-14-12(11)6-5-7-13(14)17/h5-7,11H,8-10H2,1-4H3. The van der Waals surface area contributed by atoms with Crippen molar-refractivity contribution in [1.82, 2.24) is 4.90 Å². The van der Waals surface area contributed by atoms with Crippen LogP contribution in [0.2, 0.25) is 0 Å². The number of likely N-dealkylation sites (N-methyl/N-ethyl adjacent to an activating group) is 1. The number of hydrogen-bond donors (Lipinski definition) is 0. The molecule has 0 aliphatic carbocycles. The predicted molar refractivity (Wildman–Crippen MR) is 85.9 cm³/mol. The molecule has 0 aromatic heterocycles. The third-order valence-electron chi connectivity index (χ3n) is 3.35. The van der Waals surface area contributed by atoms with E-state index in [2.05, 4.69) is 22.0 Å². The van der Waals surface area contributed by atoms with E-state index in [4.69, 9.17) is 9.47 Å². The van der Waals surface area contributed by atoms with Gasteiger partial charge in [-0.2, -0.15) is 0 Å². The van der Waals surface area contributed by atoms with Crippen LogP contribution in [0, 0.1) is 0 Å². The van der Waals surface area contributed by atoms with Crippen LogP contribution >= 0.6 is 15.9 Å². The van der Waals surface area contributed by atoms with Gasteiger partial charge in [0.2, 0.25) is 0 Å². The molecule has 1 aliphatic rings. The van der Waals surface area contributed by atoms with Gasteiger partial charge in [0.1, 0.15) is 11.4 Å². The zero-order valence-corrected chi connectivity index (χ0v) is 14.6. The van der Waals surface area contributed by atoms with Gasteiger partial charge in [0.05, 0.1) is 11.1 Å². The summed E-state index contributed by atoms with van der Waals surface area (Å²) < 4.78 is 12.1. The molecule has 0 bridgehead atoms. The summed E-state index contributed by atoms with van der Waals surface area (Å²) in [4.78, 5) is 13.7. The van der Waals surface area contributed by atoms with E-state index >= 15 is 0 Å². The van der Waals surface area contributed by atoms with E-state index in [0.717, 1.165) is 22.2 Å². The average Bonchev–Trinajstić information content (AvgIpc) is 2.38. The zero-order chi connectivity index (χ0) is 15.6. The van der Waals surface area contributed by atoms with Crippen LogP contribution in [0.1, 0.15) is 38.7 Å². The third kappa shape index (κ3) is 4.13. The van der Waals surface area contributed by atoms with Gasteiger partial charge in [0.15, 0.2) is 0 Å². The highest BCUT2D eigenvalue weighted by Gasteiger charge is 2.27. The van der Waals surface area contributed by atoms with Gasteiger partial charge in [0.25, 0.3) is 0 Å².